The Hall–Kier alpha value is -0.0800. The number of hydrogen-bond donors (Lipinski definition) is 2. The summed E-state index contributed by atoms with van der Waals surface area (Å²) >= 11 is 0. The van der Waals surface area contributed by atoms with Crippen LogP contribution in [0, 0.1) is 0 Å². The van der Waals surface area contributed by atoms with E-state index in [1.165, 1.54) is 45.2 Å². The normalized spacial score (nSPS) is 25.2. The van der Waals surface area contributed by atoms with Crippen molar-refractivity contribution >= 4 is 0 Å². The van der Waals surface area contributed by atoms with Gasteiger partial charge in [-0.1, -0.05) is 19.8 Å². The van der Waals surface area contributed by atoms with Gasteiger partial charge in [-0.05, 0) is 38.9 Å². The first-order chi connectivity index (χ1) is 5.93. The molecule has 0 amide bonds. The Morgan fingerprint density at radius 3 is 3.08 bits per heavy atom. The van der Waals surface area contributed by atoms with Gasteiger partial charge in [0.2, 0.25) is 0 Å². The highest BCUT2D eigenvalue weighted by Gasteiger charge is 2.09. The van der Waals surface area contributed by atoms with Crippen LogP contribution in [0.1, 0.15) is 39.0 Å². The molecule has 0 bridgehead atoms. The Balaban J connectivity index is 2.04. The van der Waals surface area contributed by atoms with Crippen LogP contribution in [-0.4, -0.2) is 25.7 Å². The Morgan fingerprint density at radius 2 is 2.25 bits per heavy atom. The topological polar surface area (TPSA) is 24.1 Å². The van der Waals surface area contributed by atoms with E-state index in [1.807, 2.05) is 0 Å². The van der Waals surface area contributed by atoms with Gasteiger partial charge in [0.25, 0.3) is 0 Å². The third-order valence-electron chi connectivity index (χ3n) is 2.58. The molecule has 0 aromatic carbocycles. The molecule has 2 nitrogen and oxygen atoms in total. The summed E-state index contributed by atoms with van der Waals surface area (Å²) < 4.78 is 0. The average Bonchev–Trinajstić information content (AvgIpc) is 2.33. The number of rotatable bonds is 4. The van der Waals surface area contributed by atoms with Gasteiger partial charge in [0, 0.05) is 6.04 Å². The second kappa shape index (κ2) is 6.44. The molecule has 72 valence electrons. The van der Waals surface area contributed by atoms with E-state index < -0.39 is 0 Å². The lowest BCUT2D eigenvalue weighted by atomic mass is 10.1. The lowest BCUT2D eigenvalue weighted by Crippen LogP contribution is -2.31. The van der Waals surface area contributed by atoms with E-state index >= 15 is 0 Å². The van der Waals surface area contributed by atoms with Crippen molar-refractivity contribution in [3.63, 3.8) is 0 Å². The molecule has 1 rings (SSSR count). The summed E-state index contributed by atoms with van der Waals surface area (Å²) in [6.07, 6.45) is 6.89. The molecule has 1 saturated heterocycles. The summed E-state index contributed by atoms with van der Waals surface area (Å²) in [7, 11) is 0. The van der Waals surface area contributed by atoms with Crippen LogP contribution < -0.4 is 10.6 Å². The highest BCUT2D eigenvalue weighted by molar-refractivity contribution is 4.71. The summed E-state index contributed by atoms with van der Waals surface area (Å²) in [5, 5.41) is 6.98. The molecule has 0 aliphatic carbocycles. The molecular weight excluding hydrogens is 148 g/mol. The van der Waals surface area contributed by atoms with Gasteiger partial charge in [-0.15, -0.1) is 0 Å². The van der Waals surface area contributed by atoms with Gasteiger partial charge < -0.3 is 10.6 Å². The average molecular weight is 170 g/mol. The third kappa shape index (κ3) is 4.07. The minimum absolute atomic E-state index is 0.784. The minimum atomic E-state index is 0.784. The molecule has 0 aromatic heterocycles. The van der Waals surface area contributed by atoms with Gasteiger partial charge in [-0.25, -0.2) is 0 Å². The Morgan fingerprint density at radius 1 is 1.33 bits per heavy atom. The Bertz CT molecular complexity index is 96.0. The molecule has 12 heavy (non-hydrogen) atoms. The van der Waals surface area contributed by atoms with Gasteiger partial charge >= 0.3 is 0 Å². The molecule has 0 aromatic rings. The van der Waals surface area contributed by atoms with Crippen LogP contribution >= 0.6 is 0 Å². The zero-order chi connectivity index (χ0) is 8.65. The SMILES string of the molecule is CCNCCC1CCCCCN1. The highest BCUT2D eigenvalue weighted by atomic mass is 14.9. The van der Waals surface area contributed by atoms with Crippen LogP contribution in [0.25, 0.3) is 0 Å². The summed E-state index contributed by atoms with van der Waals surface area (Å²) in [5.41, 5.74) is 0. The monoisotopic (exact) mass is 170 g/mol. The van der Waals surface area contributed by atoms with E-state index in [0.717, 1.165) is 12.6 Å². The summed E-state index contributed by atoms with van der Waals surface area (Å²) in [4.78, 5) is 0. The van der Waals surface area contributed by atoms with Crippen LogP contribution in [0.5, 0.6) is 0 Å². The number of nitrogens with one attached hydrogen (secondary N) is 2. The van der Waals surface area contributed by atoms with Crippen molar-refractivity contribution in [2.24, 2.45) is 0 Å². The van der Waals surface area contributed by atoms with E-state index in [0.29, 0.717) is 0 Å². The molecule has 2 heteroatoms. The standard InChI is InChI=1S/C10H22N2/c1-2-11-9-7-10-6-4-3-5-8-12-10/h10-12H,2-9H2,1H3. The molecule has 1 aliphatic rings. The van der Waals surface area contributed by atoms with Gasteiger partial charge in [-0.2, -0.15) is 0 Å². The van der Waals surface area contributed by atoms with E-state index in [1.54, 1.807) is 0 Å². The van der Waals surface area contributed by atoms with Crippen molar-refractivity contribution in [2.45, 2.75) is 45.1 Å². The van der Waals surface area contributed by atoms with Crippen molar-refractivity contribution in [1.29, 1.82) is 0 Å². The number of hydrogen-bond acceptors (Lipinski definition) is 2. The molecule has 1 unspecified atom stereocenters. The predicted molar refractivity (Wildman–Crippen MR) is 53.4 cm³/mol. The smallest absolute Gasteiger partial charge is 0.00791 e. The van der Waals surface area contributed by atoms with Crippen molar-refractivity contribution < 1.29 is 0 Å². The van der Waals surface area contributed by atoms with Gasteiger partial charge in [-0.3, -0.25) is 0 Å². The van der Waals surface area contributed by atoms with Crippen LogP contribution in [0.2, 0.25) is 0 Å². The van der Waals surface area contributed by atoms with E-state index in [4.69, 9.17) is 0 Å². The molecule has 1 aliphatic heterocycles. The maximum Gasteiger partial charge on any atom is 0.00791 e. The molecule has 1 heterocycles. The zero-order valence-electron chi connectivity index (χ0n) is 8.23. The quantitative estimate of drug-likeness (QED) is 0.625. The first-order valence-corrected chi connectivity index (χ1v) is 5.37. The molecule has 0 radical (unpaired) electrons. The van der Waals surface area contributed by atoms with E-state index in [-0.39, 0.29) is 0 Å². The minimum Gasteiger partial charge on any atom is -0.317 e. The van der Waals surface area contributed by atoms with E-state index in [9.17, 15) is 0 Å². The first-order valence-electron chi connectivity index (χ1n) is 5.37. The summed E-state index contributed by atoms with van der Waals surface area (Å²) in [5.74, 6) is 0. The zero-order valence-corrected chi connectivity index (χ0v) is 8.23. The van der Waals surface area contributed by atoms with Crippen LogP contribution in [0.15, 0.2) is 0 Å². The van der Waals surface area contributed by atoms with Gasteiger partial charge in [0.15, 0.2) is 0 Å². The maximum atomic E-state index is 3.60. The molecule has 2 N–H and O–H groups in total. The molecule has 0 saturated carbocycles. The summed E-state index contributed by atoms with van der Waals surface area (Å²) in [6.45, 7) is 5.68. The fraction of sp³-hybridized carbons (Fsp3) is 1.00. The molecule has 0 spiro atoms. The van der Waals surface area contributed by atoms with Crippen molar-refractivity contribution in [2.75, 3.05) is 19.6 Å². The van der Waals surface area contributed by atoms with Gasteiger partial charge in [0.05, 0.1) is 0 Å². The predicted octanol–water partition coefficient (Wildman–Crippen LogP) is 1.52. The third-order valence-corrected chi connectivity index (χ3v) is 2.58. The van der Waals surface area contributed by atoms with Crippen molar-refractivity contribution in [3.8, 4) is 0 Å². The highest BCUT2D eigenvalue weighted by Crippen LogP contribution is 2.10. The fourth-order valence-corrected chi connectivity index (χ4v) is 1.80. The second-order valence-electron chi connectivity index (χ2n) is 3.64. The molecule has 1 fully saturated rings. The molecule has 1 atom stereocenters. The summed E-state index contributed by atoms with van der Waals surface area (Å²) in [6, 6.07) is 0.784. The van der Waals surface area contributed by atoms with E-state index in [2.05, 4.69) is 17.6 Å². The Kier molecular flexibility index (Phi) is 5.37. The van der Waals surface area contributed by atoms with Crippen molar-refractivity contribution in [1.82, 2.24) is 10.6 Å². The van der Waals surface area contributed by atoms with Gasteiger partial charge in [0.1, 0.15) is 0 Å². The maximum absolute atomic E-state index is 3.60. The largest absolute Gasteiger partial charge is 0.317 e. The van der Waals surface area contributed by atoms with Crippen LogP contribution in [0.4, 0.5) is 0 Å². The lowest BCUT2D eigenvalue weighted by molar-refractivity contribution is 0.464. The molecular formula is C10H22N2. The van der Waals surface area contributed by atoms with Crippen LogP contribution in [0.3, 0.4) is 0 Å². The lowest BCUT2D eigenvalue weighted by Gasteiger charge is -2.15. The Labute approximate surface area is 76.1 Å². The first kappa shape index (κ1) is 10.0. The second-order valence-corrected chi connectivity index (χ2v) is 3.64. The fourth-order valence-electron chi connectivity index (χ4n) is 1.80. The van der Waals surface area contributed by atoms with Crippen molar-refractivity contribution in [3.05, 3.63) is 0 Å². The van der Waals surface area contributed by atoms with Crippen LogP contribution in [-0.2, 0) is 0 Å².